The second-order valence-electron chi connectivity index (χ2n) is 8.02. The molecule has 39 heavy (non-hydrogen) atoms. The van der Waals surface area contributed by atoms with Crippen molar-refractivity contribution < 1.29 is 24.1 Å². The average molecular weight is 538 g/mol. The number of anilines is 1. The van der Waals surface area contributed by atoms with Gasteiger partial charge in [-0.05, 0) is 24.1 Å². The molecule has 204 valence electrons. The number of rotatable bonds is 7. The lowest BCUT2D eigenvalue weighted by atomic mass is 9.97. The van der Waals surface area contributed by atoms with Crippen molar-refractivity contribution in [2.75, 3.05) is 18.9 Å². The Kier molecular flexibility index (Phi) is 10.4. The number of hydrogen-bond acceptors (Lipinski definition) is 8. The number of carbonyl (C=O) groups is 1. The molecule has 0 amide bonds. The third-order valence-electron chi connectivity index (χ3n) is 5.31. The number of carboxylic acids is 1. The predicted molar refractivity (Wildman–Crippen MR) is 142 cm³/mol. The predicted octanol–water partition coefficient (Wildman–Crippen LogP) is 2.76. The highest BCUT2D eigenvalue weighted by Crippen LogP contribution is 2.26. The topological polar surface area (TPSA) is 185 Å². The highest BCUT2D eigenvalue weighted by molar-refractivity contribution is 5.76. The van der Waals surface area contributed by atoms with E-state index >= 15 is 0 Å². The van der Waals surface area contributed by atoms with Crippen LogP contribution in [0.4, 0.5) is 10.3 Å². The number of aromatic amines is 2. The van der Waals surface area contributed by atoms with Crippen molar-refractivity contribution in [2.24, 2.45) is 0 Å². The van der Waals surface area contributed by atoms with Gasteiger partial charge in [0, 0.05) is 18.0 Å². The molecule has 1 unspecified atom stereocenters. The number of nitrogens with zero attached hydrogens (tertiary/aromatic N) is 4. The number of benzene rings is 2. The molecular weight excluding hydrogens is 509 g/mol. The van der Waals surface area contributed by atoms with E-state index in [1.807, 2.05) is 30.3 Å². The van der Waals surface area contributed by atoms with Crippen LogP contribution in [0.1, 0.15) is 18.4 Å². The number of ether oxygens (including phenoxy) is 1. The van der Waals surface area contributed by atoms with Gasteiger partial charge in [0.2, 0.25) is 5.95 Å². The summed E-state index contributed by atoms with van der Waals surface area (Å²) < 4.78 is 20.6. The normalized spacial score (nSPS) is 11.2. The Labute approximate surface area is 222 Å². The van der Waals surface area contributed by atoms with Crippen LogP contribution in [-0.2, 0) is 16.3 Å². The zero-order valence-electron chi connectivity index (χ0n) is 21.0. The van der Waals surface area contributed by atoms with Gasteiger partial charge in [0.15, 0.2) is 11.2 Å². The lowest BCUT2D eigenvalue weighted by molar-refractivity contribution is -0.138. The number of aromatic nitrogens is 6. The number of nitrogen functional groups attached to an aromatic ring is 1. The summed E-state index contributed by atoms with van der Waals surface area (Å²) in [5.41, 5.74) is 7.34. The number of imidazole rings is 2. The fourth-order valence-corrected chi connectivity index (χ4v) is 3.30. The Bertz CT molecular complexity index is 1500. The standard InChI is InChI=1S/C15H13FO2.C8H11N5O3.C3H4N2/c1-10(15(17)18)12-7-8-13(14(16)9-12)11-5-3-2-4-6-11;9-8-11-6-5(7(15)12-8)10-3-13(6)4-16-2-1-14;1-2-5-3-4-1/h2-10H,1H3,(H,17,18);3,14H,1-2,4H2,(H3,9,11,12,15);1-3H,(H,4,5). The Morgan fingerprint density at radius 2 is 2.00 bits per heavy atom. The van der Waals surface area contributed by atoms with Gasteiger partial charge in [0.05, 0.1) is 31.8 Å². The van der Waals surface area contributed by atoms with E-state index in [1.165, 1.54) is 17.0 Å². The lowest BCUT2D eigenvalue weighted by Gasteiger charge is -2.09. The Morgan fingerprint density at radius 3 is 2.59 bits per heavy atom. The van der Waals surface area contributed by atoms with E-state index in [2.05, 4.69) is 24.9 Å². The van der Waals surface area contributed by atoms with Crippen LogP contribution >= 0.6 is 0 Å². The molecule has 12 nitrogen and oxygen atoms in total. The van der Waals surface area contributed by atoms with E-state index in [-0.39, 0.29) is 37.0 Å². The fraction of sp³-hybridized carbons (Fsp3) is 0.192. The molecule has 0 aliphatic heterocycles. The van der Waals surface area contributed by atoms with Crippen molar-refractivity contribution in [3.8, 4) is 11.1 Å². The molecule has 3 heterocycles. The van der Waals surface area contributed by atoms with Gasteiger partial charge in [0.1, 0.15) is 12.5 Å². The molecule has 1 atom stereocenters. The zero-order chi connectivity index (χ0) is 28.2. The Balaban J connectivity index is 0.000000184. The number of aliphatic carboxylic acids is 1. The van der Waals surface area contributed by atoms with Crippen LogP contribution in [0.3, 0.4) is 0 Å². The summed E-state index contributed by atoms with van der Waals surface area (Å²) in [7, 11) is 0. The fourth-order valence-electron chi connectivity index (χ4n) is 3.30. The minimum atomic E-state index is -0.957. The molecule has 0 aliphatic rings. The van der Waals surface area contributed by atoms with Crippen molar-refractivity contribution in [3.63, 3.8) is 0 Å². The molecule has 0 spiro atoms. The first kappa shape index (κ1) is 28.7. The first-order chi connectivity index (χ1) is 18.8. The zero-order valence-corrected chi connectivity index (χ0v) is 21.0. The van der Waals surface area contributed by atoms with E-state index in [4.69, 9.17) is 20.7 Å². The second-order valence-corrected chi connectivity index (χ2v) is 8.02. The van der Waals surface area contributed by atoms with Crippen molar-refractivity contribution in [2.45, 2.75) is 19.6 Å². The van der Waals surface area contributed by atoms with Gasteiger partial charge in [-0.3, -0.25) is 19.1 Å². The first-order valence-electron chi connectivity index (χ1n) is 11.7. The summed E-state index contributed by atoms with van der Waals surface area (Å²) in [4.78, 5) is 38.9. The number of hydrogen-bond donors (Lipinski definition) is 5. The molecule has 5 rings (SSSR count). The van der Waals surface area contributed by atoms with Gasteiger partial charge in [-0.15, -0.1) is 0 Å². The second kappa shape index (κ2) is 14.2. The molecule has 5 aromatic rings. The summed E-state index contributed by atoms with van der Waals surface area (Å²) in [6.07, 6.45) is 6.52. The average Bonchev–Trinajstić information content (AvgIpc) is 3.64. The first-order valence-corrected chi connectivity index (χ1v) is 11.7. The molecular formula is C26H28FN7O5. The van der Waals surface area contributed by atoms with Crippen LogP contribution in [0.25, 0.3) is 22.3 Å². The Morgan fingerprint density at radius 1 is 1.23 bits per heavy atom. The van der Waals surface area contributed by atoms with Crippen LogP contribution in [0, 0.1) is 5.82 Å². The van der Waals surface area contributed by atoms with Gasteiger partial charge >= 0.3 is 5.97 Å². The number of carboxylic acid groups (broad SMARTS) is 1. The highest BCUT2D eigenvalue weighted by Gasteiger charge is 2.15. The number of nitrogens with one attached hydrogen (secondary N) is 2. The van der Waals surface area contributed by atoms with E-state index in [1.54, 1.807) is 37.8 Å². The summed E-state index contributed by atoms with van der Waals surface area (Å²) >= 11 is 0. The van der Waals surface area contributed by atoms with Gasteiger partial charge in [-0.1, -0.05) is 42.5 Å². The van der Waals surface area contributed by atoms with Gasteiger partial charge in [-0.25, -0.2) is 14.4 Å². The van der Waals surface area contributed by atoms with Gasteiger partial charge in [-0.2, -0.15) is 4.98 Å². The summed E-state index contributed by atoms with van der Waals surface area (Å²) in [6.45, 7) is 1.84. The molecule has 0 fully saturated rings. The van der Waals surface area contributed by atoms with Crippen LogP contribution in [0.2, 0.25) is 0 Å². The summed E-state index contributed by atoms with van der Waals surface area (Å²) in [5.74, 6) is -2.03. The number of nitrogens with two attached hydrogens (primary N) is 1. The van der Waals surface area contributed by atoms with Crippen molar-refractivity contribution >= 4 is 23.1 Å². The molecule has 0 saturated carbocycles. The molecule has 0 aliphatic carbocycles. The Hall–Kier alpha value is -4.88. The van der Waals surface area contributed by atoms with Gasteiger partial charge in [0.25, 0.3) is 5.56 Å². The molecule has 0 saturated heterocycles. The number of fused-ring (bicyclic) bond motifs is 1. The number of aliphatic hydroxyl groups excluding tert-OH is 1. The maximum atomic E-state index is 14.0. The number of H-pyrrole nitrogens is 2. The van der Waals surface area contributed by atoms with Crippen LogP contribution in [0.15, 0.2) is 78.4 Å². The molecule has 3 aromatic heterocycles. The van der Waals surface area contributed by atoms with Crippen LogP contribution in [0.5, 0.6) is 0 Å². The minimum absolute atomic E-state index is 0.0291. The highest BCUT2D eigenvalue weighted by atomic mass is 19.1. The minimum Gasteiger partial charge on any atom is -0.481 e. The number of halogens is 1. The summed E-state index contributed by atoms with van der Waals surface area (Å²) in [6, 6.07) is 13.7. The maximum Gasteiger partial charge on any atom is 0.310 e. The van der Waals surface area contributed by atoms with Crippen LogP contribution in [-0.4, -0.2) is 58.9 Å². The smallest absolute Gasteiger partial charge is 0.310 e. The van der Waals surface area contributed by atoms with E-state index < -0.39 is 17.7 Å². The number of aliphatic hydroxyl groups is 1. The van der Waals surface area contributed by atoms with E-state index in [0.717, 1.165) is 5.56 Å². The monoisotopic (exact) mass is 537 g/mol. The quantitative estimate of drug-likeness (QED) is 0.195. The molecule has 0 bridgehead atoms. The van der Waals surface area contributed by atoms with Crippen LogP contribution < -0.4 is 11.3 Å². The maximum absolute atomic E-state index is 14.0. The third-order valence-corrected chi connectivity index (χ3v) is 5.31. The summed E-state index contributed by atoms with van der Waals surface area (Å²) in [5, 5.41) is 17.4. The molecule has 13 heteroatoms. The lowest BCUT2D eigenvalue weighted by Crippen LogP contribution is -2.13. The van der Waals surface area contributed by atoms with Crippen molar-refractivity contribution in [1.82, 2.24) is 29.5 Å². The van der Waals surface area contributed by atoms with Crippen molar-refractivity contribution in [1.29, 1.82) is 0 Å². The largest absolute Gasteiger partial charge is 0.481 e. The van der Waals surface area contributed by atoms with E-state index in [9.17, 15) is 14.0 Å². The molecule has 2 aromatic carbocycles. The van der Waals surface area contributed by atoms with E-state index in [0.29, 0.717) is 16.8 Å². The molecule has 6 N–H and O–H groups in total. The van der Waals surface area contributed by atoms with Crippen molar-refractivity contribution in [3.05, 3.63) is 95.3 Å². The third kappa shape index (κ3) is 8.05. The SMILES string of the molecule is CC(C(=O)O)c1ccc(-c2ccccc2)c(F)c1.Nc1nc2c(ncn2COCCO)c(=O)[nH]1.c1c[nH]cn1. The molecule has 0 radical (unpaired) electrons. The van der Waals surface area contributed by atoms with Gasteiger partial charge < -0.3 is 25.7 Å².